The van der Waals surface area contributed by atoms with Gasteiger partial charge in [-0.2, -0.15) is 5.10 Å². The first-order chi connectivity index (χ1) is 8.09. The Bertz CT molecular complexity index is 375. The summed E-state index contributed by atoms with van der Waals surface area (Å²) in [6, 6.07) is 0.372. The van der Waals surface area contributed by atoms with Crippen LogP contribution in [0.1, 0.15) is 63.6 Å². The van der Waals surface area contributed by atoms with E-state index >= 15 is 0 Å². The molecule has 1 aromatic rings. The average molecular weight is 301 g/mol. The molecule has 0 saturated heterocycles. The zero-order chi connectivity index (χ0) is 12.4. The van der Waals surface area contributed by atoms with Gasteiger partial charge in [0.15, 0.2) is 0 Å². The summed E-state index contributed by atoms with van der Waals surface area (Å²) in [6.45, 7) is 4.30. The van der Waals surface area contributed by atoms with Gasteiger partial charge < -0.3 is 5.11 Å². The maximum atomic E-state index is 9.93. The van der Waals surface area contributed by atoms with Gasteiger partial charge in [-0.25, -0.2) is 0 Å². The van der Waals surface area contributed by atoms with Gasteiger partial charge in [-0.3, -0.25) is 4.68 Å². The normalized spacial score (nSPS) is 26.2. The lowest BCUT2D eigenvalue weighted by Gasteiger charge is -2.20. The maximum Gasteiger partial charge on any atom is 0.0635 e. The summed E-state index contributed by atoms with van der Waals surface area (Å²) in [4.78, 5) is 0. The fraction of sp³-hybridized carbons (Fsp3) is 0.769. The molecule has 1 saturated carbocycles. The van der Waals surface area contributed by atoms with Crippen molar-refractivity contribution in [3.05, 3.63) is 16.4 Å². The fourth-order valence-corrected chi connectivity index (χ4v) is 3.32. The molecule has 2 unspecified atom stereocenters. The Labute approximate surface area is 111 Å². The third kappa shape index (κ3) is 2.91. The van der Waals surface area contributed by atoms with Gasteiger partial charge in [-0.1, -0.05) is 12.8 Å². The van der Waals surface area contributed by atoms with Crippen LogP contribution in [-0.2, 0) is 0 Å². The van der Waals surface area contributed by atoms with Crippen molar-refractivity contribution in [1.82, 2.24) is 9.78 Å². The summed E-state index contributed by atoms with van der Waals surface area (Å²) in [6.07, 6.45) is 7.06. The molecule has 1 N–H and O–H groups in total. The highest BCUT2D eigenvalue weighted by Crippen LogP contribution is 2.36. The van der Waals surface area contributed by atoms with Crippen LogP contribution < -0.4 is 0 Å². The van der Waals surface area contributed by atoms with Crippen molar-refractivity contribution in [2.75, 3.05) is 0 Å². The minimum Gasteiger partial charge on any atom is -0.393 e. The second-order valence-electron chi connectivity index (χ2n) is 5.29. The first kappa shape index (κ1) is 13.1. The van der Waals surface area contributed by atoms with E-state index in [1.165, 1.54) is 12.1 Å². The van der Waals surface area contributed by atoms with Crippen LogP contribution in [0.25, 0.3) is 0 Å². The van der Waals surface area contributed by atoms with Crippen LogP contribution in [0.3, 0.4) is 0 Å². The minimum atomic E-state index is -0.148. The predicted molar refractivity (Wildman–Crippen MR) is 72.1 cm³/mol. The Hall–Kier alpha value is -0.350. The Morgan fingerprint density at radius 3 is 2.82 bits per heavy atom. The van der Waals surface area contributed by atoms with E-state index in [0.29, 0.717) is 12.0 Å². The van der Waals surface area contributed by atoms with E-state index in [9.17, 15) is 5.11 Å². The molecular weight excluding hydrogens is 280 g/mol. The van der Waals surface area contributed by atoms with Gasteiger partial charge in [0.25, 0.3) is 0 Å². The SMILES string of the molecule is CC(C)n1ncc(Br)c1C1CCCCC(O)C1. The van der Waals surface area contributed by atoms with Crippen molar-refractivity contribution >= 4 is 15.9 Å². The number of hydrogen-bond donors (Lipinski definition) is 1. The van der Waals surface area contributed by atoms with Crippen LogP contribution in [0.4, 0.5) is 0 Å². The molecule has 0 aliphatic heterocycles. The van der Waals surface area contributed by atoms with Crippen LogP contribution in [0, 0.1) is 0 Å². The van der Waals surface area contributed by atoms with E-state index in [-0.39, 0.29) is 6.10 Å². The van der Waals surface area contributed by atoms with Crippen molar-refractivity contribution in [2.45, 2.75) is 64.0 Å². The Kier molecular flexibility index (Phi) is 4.26. The molecule has 2 rings (SSSR count). The highest BCUT2D eigenvalue weighted by Gasteiger charge is 2.25. The van der Waals surface area contributed by atoms with Gasteiger partial charge in [0.05, 0.1) is 22.5 Å². The summed E-state index contributed by atoms with van der Waals surface area (Å²) in [7, 11) is 0. The van der Waals surface area contributed by atoms with E-state index < -0.39 is 0 Å². The lowest BCUT2D eigenvalue weighted by Crippen LogP contribution is -2.15. The van der Waals surface area contributed by atoms with Gasteiger partial charge in [0.2, 0.25) is 0 Å². The first-order valence-electron chi connectivity index (χ1n) is 6.50. The quantitative estimate of drug-likeness (QED) is 0.847. The Morgan fingerprint density at radius 2 is 2.12 bits per heavy atom. The molecule has 0 amide bonds. The zero-order valence-electron chi connectivity index (χ0n) is 10.6. The largest absolute Gasteiger partial charge is 0.393 e. The topological polar surface area (TPSA) is 38.0 Å². The molecule has 3 nitrogen and oxygen atoms in total. The molecule has 1 heterocycles. The van der Waals surface area contributed by atoms with E-state index in [0.717, 1.165) is 30.2 Å². The summed E-state index contributed by atoms with van der Waals surface area (Å²) in [5.74, 6) is 0.437. The molecule has 0 aromatic carbocycles. The van der Waals surface area contributed by atoms with Gasteiger partial charge in [-0.15, -0.1) is 0 Å². The van der Waals surface area contributed by atoms with Crippen molar-refractivity contribution in [1.29, 1.82) is 0 Å². The van der Waals surface area contributed by atoms with Crippen LogP contribution in [0.15, 0.2) is 10.7 Å². The van der Waals surface area contributed by atoms with Crippen LogP contribution in [0.5, 0.6) is 0 Å². The Morgan fingerprint density at radius 1 is 1.41 bits per heavy atom. The summed E-state index contributed by atoms with van der Waals surface area (Å²) < 4.78 is 3.18. The lowest BCUT2D eigenvalue weighted by atomic mass is 9.95. The van der Waals surface area contributed by atoms with Gasteiger partial charge in [0, 0.05) is 12.0 Å². The van der Waals surface area contributed by atoms with E-state index in [1.54, 1.807) is 0 Å². The highest BCUT2D eigenvalue weighted by atomic mass is 79.9. The third-order valence-electron chi connectivity index (χ3n) is 3.56. The maximum absolute atomic E-state index is 9.93. The highest BCUT2D eigenvalue weighted by molar-refractivity contribution is 9.10. The first-order valence-corrected chi connectivity index (χ1v) is 7.30. The fourth-order valence-electron chi connectivity index (χ4n) is 2.73. The summed E-state index contributed by atoms with van der Waals surface area (Å²) >= 11 is 3.60. The number of halogens is 1. The average Bonchev–Trinajstić information content (AvgIpc) is 2.52. The van der Waals surface area contributed by atoms with E-state index in [1.807, 2.05) is 6.20 Å². The van der Waals surface area contributed by atoms with Crippen LogP contribution in [0.2, 0.25) is 0 Å². The number of hydrogen-bond acceptors (Lipinski definition) is 2. The summed E-state index contributed by atoms with van der Waals surface area (Å²) in [5.41, 5.74) is 1.26. The number of aliphatic hydroxyl groups excluding tert-OH is 1. The number of aliphatic hydroxyl groups is 1. The lowest BCUT2D eigenvalue weighted by molar-refractivity contribution is 0.150. The van der Waals surface area contributed by atoms with Crippen LogP contribution in [-0.4, -0.2) is 21.0 Å². The molecule has 1 aromatic heterocycles. The monoisotopic (exact) mass is 300 g/mol. The molecule has 4 heteroatoms. The number of rotatable bonds is 2. The smallest absolute Gasteiger partial charge is 0.0635 e. The van der Waals surface area contributed by atoms with E-state index in [2.05, 4.69) is 39.6 Å². The van der Waals surface area contributed by atoms with Gasteiger partial charge >= 0.3 is 0 Å². The molecule has 1 aliphatic rings. The van der Waals surface area contributed by atoms with Gasteiger partial charge in [-0.05, 0) is 49.0 Å². The van der Waals surface area contributed by atoms with Crippen LogP contribution >= 0.6 is 15.9 Å². The molecule has 2 atom stereocenters. The van der Waals surface area contributed by atoms with E-state index in [4.69, 9.17) is 0 Å². The molecule has 1 aliphatic carbocycles. The van der Waals surface area contributed by atoms with Crippen molar-refractivity contribution in [2.24, 2.45) is 0 Å². The molecule has 96 valence electrons. The summed E-state index contributed by atoms with van der Waals surface area (Å²) in [5, 5.41) is 14.4. The molecule has 17 heavy (non-hydrogen) atoms. The Balaban J connectivity index is 2.28. The third-order valence-corrected chi connectivity index (χ3v) is 4.17. The van der Waals surface area contributed by atoms with Crippen molar-refractivity contribution < 1.29 is 5.11 Å². The van der Waals surface area contributed by atoms with Crippen molar-refractivity contribution in [3.8, 4) is 0 Å². The molecule has 1 fully saturated rings. The minimum absolute atomic E-state index is 0.148. The second kappa shape index (κ2) is 5.53. The molecule has 0 spiro atoms. The van der Waals surface area contributed by atoms with Crippen molar-refractivity contribution in [3.63, 3.8) is 0 Å². The van der Waals surface area contributed by atoms with Gasteiger partial charge in [0.1, 0.15) is 0 Å². The molecule has 0 radical (unpaired) electrons. The number of nitrogens with zero attached hydrogens (tertiary/aromatic N) is 2. The second-order valence-corrected chi connectivity index (χ2v) is 6.14. The molecular formula is C13H21BrN2O. The standard InChI is InChI=1S/C13H21BrN2O/c1-9(2)16-13(12(14)8-15-16)10-5-3-4-6-11(17)7-10/h8-11,17H,3-7H2,1-2H3. The predicted octanol–water partition coefficient (Wildman–Crippen LogP) is 3.64. The number of aromatic nitrogens is 2. The zero-order valence-corrected chi connectivity index (χ0v) is 12.2. The molecule has 0 bridgehead atoms.